The zero-order valence-corrected chi connectivity index (χ0v) is 8.71. The average Bonchev–Trinajstić information content (AvgIpc) is 2.13. The van der Waals surface area contributed by atoms with Crippen molar-refractivity contribution in [1.82, 2.24) is 9.80 Å². The molecule has 0 radical (unpaired) electrons. The standard InChI is InChI=1S/C7H17N3.C2H6.H2/c1-9-4-6-10(3-2-8)7-5-9;1-2;/h2-8H2,1H3;1-2H3;1H. The maximum absolute atomic E-state index is 5.44. The quantitative estimate of drug-likeness (QED) is 0.662. The van der Waals surface area contributed by atoms with E-state index in [-0.39, 0.29) is 1.43 Å². The maximum atomic E-state index is 5.44. The second kappa shape index (κ2) is 7.53. The molecule has 0 aromatic rings. The van der Waals surface area contributed by atoms with Crippen molar-refractivity contribution in [2.24, 2.45) is 5.73 Å². The van der Waals surface area contributed by atoms with Gasteiger partial charge in [0.05, 0.1) is 0 Å². The summed E-state index contributed by atoms with van der Waals surface area (Å²) in [6, 6.07) is 0. The highest BCUT2D eigenvalue weighted by Crippen LogP contribution is 1.96. The summed E-state index contributed by atoms with van der Waals surface area (Å²) in [5, 5.41) is 0. The van der Waals surface area contributed by atoms with Crippen molar-refractivity contribution in [2.75, 3.05) is 46.3 Å². The lowest BCUT2D eigenvalue weighted by molar-refractivity contribution is 0.157. The molecule has 0 spiro atoms. The Morgan fingerprint density at radius 3 is 2.08 bits per heavy atom. The number of likely N-dealkylation sites (N-methyl/N-ethyl adjacent to an activating group) is 1. The molecular weight excluding hydrogens is 150 g/mol. The van der Waals surface area contributed by atoms with Gasteiger partial charge in [-0.2, -0.15) is 0 Å². The van der Waals surface area contributed by atoms with Crippen LogP contribution in [0.2, 0.25) is 0 Å². The Hall–Kier alpha value is -0.120. The van der Waals surface area contributed by atoms with Crippen LogP contribution in [0.5, 0.6) is 0 Å². The second-order valence-electron chi connectivity index (χ2n) is 2.93. The molecule has 0 amide bonds. The van der Waals surface area contributed by atoms with Crippen molar-refractivity contribution in [3.05, 3.63) is 0 Å². The molecule has 0 bridgehead atoms. The molecule has 1 fully saturated rings. The van der Waals surface area contributed by atoms with Crippen LogP contribution in [0.15, 0.2) is 0 Å². The fourth-order valence-corrected chi connectivity index (χ4v) is 1.25. The van der Waals surface area contributed by atoms with Crippen molar-refractivity contribution in [2.45, 2.75) is 13.8 Å². The van der Waals surface area contributed by atoms with Crippen molar-refractivity contribution in [3.8, 4) is 0 Å². The van der Waals surface area contributed by atoms with Gasteiger partial charge in [-0.15, -0.1) is 0 Å². The monoisotopic (exact) mass is 175 g/mol. The molecule has 1 saturated heterocycles. The molecule has 1 aliphatic heterocycles. The zero-order valence-electron chi connectivity index (χ0n) is 8.71. The van der Waals surface area contributed by atoms with E-state index in [1.54, 1.807) is 0 Å². The van der Waals surface area contributed by atoms with Gasteiger partial charge in [0.2, 0.25) is 0 Å². The third-order valence-corrected chi connectivity index (χ3v) is 2.04. The fourth-order valence-electron chi connectivity index (χ4n) is 1.25. The van der Waals surface area contributed by atoms with Gasteiger partial charge in [-0.3, -0.25) is 4.90 Å². The van der Waals surface area contributed by atoms with Gasteiger partial charge in [-0.1, -0.05) is 13.8 Å². The lowest BCUT2D eigenvalue weighted by Crippen LogP contribution is -2.45. The number of hydrogen-bond acceptors (Lipinski definition) is 3. The summed E-state index contributed by atoms with van der Waals surface area (Å²) in [6.45, 7) is 10.6. The van der Waals surface area contributed by atoms with E-state index < -0.39 is 0 Å². The van der Waals surface area contributed by atoms with Crippen LogP contribution in [0.1, 0.15) is 15.3 Å². The van der Waals surface area contributed by atoms with Crippen LogP contribution in [0.3, 0.4) is 0 Å². The van der Waals surface area contributed by atoms with E-state index in [2.05, 4.69) is 16.8 Å². The first-order valence-electron chi connectivity index (χ1n) is 4.94. The van der Waals surface area contributed by atoms with Crippen LogP contribution in [0.4, 0.5) is 0 Å². The first-order valence-corrected chi connectivity index (χ1v) is 4.94. The minimum absolute atomic E-state index is 0. The van der Waals surface area contributed by atoms with Crippen LogP contribution in [-0.2, 0) is 0 Å². The number of hydrogen-bond donors (Lipinski definition) is 1. The van der Waals surface area contributed by atoms with Crippen LogP contribution in [-0.4, -0.2) is 56.1 Å². The van der Waals surface area contributed by atoms with E-state index in [1.165, 1.54) is 26.2 Å². The van der Waals surface area contributed by atoms with E-state index in [0.717, 1.165) is 13.1 Å². The van der Waals surface area contributed by atoms with E-state index in [0.29, 0.717) is 0 Å². The summed E-state index contributed by atoms with van der Waals surface area (Å²) in [5.41, 5.74) is 5.44. The Balaban J connectivity index is 0. The van der Waals surface area contributed by atoms with E-state index >= 15 is 0 Å². The Kier molecular flexibility index (Phi) is 7.45. The highest BCUT2D eigenvalue weighted by molar-refractivity contribution is 4.68. The Morgan fingerprint density at radius 2 is 1.67 bits per heavy atom. The Morgan fingerprint density at radius 1 is 1.17 bits per heavy atom. The smallest absolute Gasteiger partial charge is 0.0110 e. The first-order chi connectivity index (χ1) is 5.83. The molecule has 0 aliphatic carbocycles. The van der Waals surface area contributed by atoms with Gasteiger partial charge in [0, 0.05) is 40.7 Å². The van der Waals surface area contributed by atoms with Crippen LogP contribution in [0, 0.1) is 0 Å². The summed E-state index contributed by atoms with van der Waals surface area (Å²) in [4.78, 5) is 4.77. The molecule has 76 valence electrons. The molecule has 2 N–H and O–H groups in total. The predicted octanol–water partition coefficient (Wildman–Crippen LogP) is 0.465. The van der Waals surface area contributed by atoms with Gasteiger partial charge >= 0.3 is 0 Å². The van der Waals surface area contributed by atoms with Gasteiger partial charge in [-0.25, -0.2) is 0 Å². The molecule has 3 nitrogen and oxygen atoms in total. The predicted molar refractivity (Wildman–Crippen MR) is 56.5 cm³/mol. The van der Waals surface area contributed by atoms with Gasteiger partial charge in [0.1, 0.15) is 0 Å². The molecular formula is C9H25N3. The minimum atomic E-state index is 0. The average molecular weight is 175 g/mol. The minimum Gasteiger partial charge on any atom is -0.329 e. The number of piperazine rings is 1. The molecule has 1 aliphatic rings. The van der Waals surface area contributed by atoms with E-state index in [4.69, 9.17) is 5.73 Å². The van der Waals surface area contributed by atoms with Crippen molar-refractivity contribution in [1.29, 1.82) is 0 Å². The zero-order chi connectivity index (χ0) is 9.40. The summed E-state index contributed by atoms with van der Waals surface area (Å²) in [5.74, 6) is 0. The van der Waals surface area contributed by atoms with Gasteiger partial charge in [0.25, 0.3) is 0 Å². The van der Waals surface area contributed by atoms with Crippen molar-refractivity contribution < 1.29 is 1.43 Å². The van der Waals surface area contributed by atoms with Gasteiger partial charge in [-0.05, 0) is 7.05 Å². The summed E-state index contributed by atoms with van der Waals surface area (Å²) in [7, 11) is 2.17. The molecule has 0 atom stereocenters. The van der Waals surface area contributed by atoms with E-state index in [1.807, 2.05) is 13.8 Å². The lowest BCUT2D eigenvalue weighted by Gasteiger charge is -2.31. The van der Waals surface area contributed by atoms with Crippen LogP contribution >= 0.6 is 0 Å². The maximum Gasteiger partial charge on any atom is 0.0110 e. The largest absolute Gasteiger partial charge is 0.329 e. The highest BCUT2D eigenvalue weighted by atomic mass is 15.2. The lowest BCUT2D eigenvalue weighted by atomic mass is 10.3. The molecule has 3 heteroatoms. The SMILES string of the molecule is CC.CN1CCN(CCN)CC1.[HH]. The molecule has 0 aromatic heterocycles. The molecule has 0 unspecified atom stereocenters. The topological polar surface area (TPSA) is 32.5 Å². The van der Waals surface area contributed by atoms with Crippen molar-refractivity contribution in [3.63, 3.8) is 0 Å². The van der Waals surface area contributed by atoms with Crippen LogP contribution < -0.4 is 5.73 Å². The highest BCUT2D eigenvalue weighted by Gasteiger charge is 2.11. The normalized spacial score (nSPS) is 20.0. The molecule has 0 saturated carbocycles. The number of rotatable bonds is 2. The summed E-state index contributed by atoms with van der Waals surface area (Å²) < 4.78 is 0. The van der Waals surface area contributed by atoms with Gasteiger partial charge in [0.15, 0.2) is 0 Å². The molecule has 1 rings (SSSR count). The molecule has 1 heterocycles. The molecule has 0 aromatic carbocycles. The van der Waals surface area contributed by atoms with Crippen LogP contribution in [0.25, 0.3) is 0 Å². The second-order valence-corrected chi connectivity index (χ2v) is 2.93. The first kappa shape index (κ1) is 11.9. The Labute approximate surface area is 78.0 Å². The summed E-state index contributed by atoms with van der Waals surface area (Å²) >= 11 is 0. The molecule has 12 heavy (non-hydrogen) atoms. The third kappa shape index (κ3) is 4.70. The van der Waals surface area contributed by atoms with Crippen molar-refractivity contribution >= 4 is 0 Å². The number of nitrogens with zero attached hydrogens (tertiary/aromatic N) is 2. The third-order valence-electron chi connectivity index (χ3n) is 2.04. The number of nitrogens with two attached hydrogens (primary N) is 1. The Bertz CT molecular complexity index is 92.9. The fraction of sp³-hybridized carbons (Fsp3) is 1.00. The van der Waals surface area contributed by atoms with E-state index in [9.17, 15) is 0 Å². The van der Waals surface area contributed by atoms with Gasteiger partial charge < -0.3 is 10.6 Å². The summed E-state index contributed by atoms with van der Waals surface area (Å²) in [6.07, 6.45) is 0.